The quantitative estimate of drug-likeness (QED) is 0.252. The molecule has 1 N–H and O–H groups in total. The first-order valence-corrected chi connectivity index (χ1v) is 14.2. The van der Waals surface area contributed by atoms with Crippen LogP contribution in [0, 0.1) is 5.92 Å². The minimum Gasteiger partial charge on any atom is -0.497 e. The van der Waals surface area contributed by atoms with E-state index in [1.54, 1.807) is 36.4 Å². The lowest BCUT2D eigenvalue weighted by Crippen LogP contribution is -2.49. The van der Waals surface area contributed by atoms with Crippen LogP contribution in [0.15, 0.2) is 97.2 Å². The number of ketones is 2. The summed E-state index contributed by atoms with van der Waals surface area (Å²) in [4.78, 5) is 45.9. The summed E-state index contributed by atoms with van der Waals surface area (Å²) < 4.78 is 5.41. The van der Waals surface area contributed by atoms with Crippen LogP contribution in [0.3, 0.4) is 0 Å². The van der Waals surface area contributed by atoms with Crippen LogP contribution in [-0.4, -0.2) is 35.5 Å². The number of carbonyl (C=O) groups excluding carboxylic acids is 3. The predicted molar refractivity (Wildman–Crippen MR) is 162 cm³/mol. The fraction of sp³-hybridized carbons (Fsp3) is 0.147. The van der Waals surface area contributed by atoms with Crippen molar-refractivity contribution in [2.45, 2.75) is 17.5 Å². The third-order valence-electron chi connectivity index (χ3n) is 8.67. The molecule has 1 amide bonds. The summed E-state index contributed by atoms with van der Waals surface area (Å²) in [6.45, 7) is 0. The number of rotatable bonds is 5. The number of fused-ring (bicyclic) bond motifs is 6. The highest BCUT2D eigenvalue weighted by Crippen LogP contribution is 2.62. The SMILES string of the molecule is COc1cccc(C(=O)[C@@H]2[C@H](C(=O)c3ccc(Cl)cc3Cl)[C@]3(C(=O)Nc4ccccc43)[C@H]3c4ccccc4C=CN23)c1. The van der Waals surface area contributed by atoms with Crippen LogP contribution in [0.5, 0.6) is 5.75 Å². The van der Waals surface area contributed by atoms with Crippen molar-refractivity contribution < 1.29 is 19.1 Å². The highest BCUT2D eigenvalue weighted by molar-refractivity contribution is 6.37. The van der Waals surface area contributed by atoms with Gasteiger partial charge in [0.1, 0.15) is 17.2 Å². The fourth-order valence-electron chi connectivity index (χ4n) is 6.97. The number of nitrogens with one attached hydrogen (secondary N) is 1. The average molecular weight is 595 g/mol. The molecular weight excluding hydrogens is 571 g/mol. The largest absolute Gasteiger partial charge is 0.497 e. The molecule has 4 aromatic rings. The minimum absolute atomic E-state index is 0.155. The first-order chi connectivity index (χ1) is 20.4. The summed E-state index contributed by atoms with van der Waals surface area (Å²) in [5.74, 6) is -1.68. The lowest BCUT2D eigenvalue weighted by Gasteiger charge is -2.38. The number of halogens is 2. The Morgan fingerprint density at radius 3 is 2.50 bits per heavy atom. The molecule has 4 atom stereocenters. The average Bonchev–Trinajstić information content (AvgIpc) is 3.48. The molecular formula is C34H24Cl2N2O4. The summed E-state index contributed by atoms with van der Waals surface area (Å²) in [5.41, 5.74) is 2.17. The maximum Gasteiger partial charge on any atom is 0.238 e. The number of nitrogens with zero attached hydrogens (tertiary/aromatic N) is 1. The molecule has 0 saturated carbocycles. The van der Waals surface area contributed by atoms with E-state index >= 15 is 0 Å². The van der Waals surface area contributed by atoms with Gasteiger partial charge in [0.25, 0.3) is 0 Å². The highest BCUT2D eigenvalue weighted by Gasteiger charge is 2.70. The maximum atomic E-state index is 14.9. The monoisotopic (exact) mass is 594 g/mol. The van der Waals surface area contributed by atoms with Crippen molar-refractivity contribution in [2.75, 3.05) is 12.4 Å². The smallest absolute Gasteiger partial charge is 0.238 e. The van der Waals surface area contributed by atoms with Crippen molar-refractivity contribution >= 4 is 52.4 Å². The van der Waals surface area contributed by atoms with Crippen molar-refractivity contribution in [1.29, 1.82) is 0 Å². The zero-order chi connectivity index (χ0) is 29.2. The Balaban J connectivity index is 1.54. The standard InChI is InChI=1S/C34H24Cl2N2O4/c1-42-22-9-6-8-20(17-22)30(39)29-28(31(40)24-14-13-21(35)18-26(24)36)34(25-11-4-5-12-27(25)37-33(34)41)32-23-10-3-2-7-19(23)15-16-38(29)32/h2-18,28-29,32H,1H3,(H,37,41)/t28-,29+,32-,34+/m1/s1. The number of amides is 1. The minimum atomic E-state index is -1.45. The lowest BCUT2D eigenvalue weighted by molar-refractivity contribution is -0.122. The molecule has 7 rings (SSSR count). The molecule has 3 aliphatic heterocycles. The van der Waals surface area contributed by atoms with Gasteiger partial charge in [0.15, 0.2) is 11.6 Å². The van der Waals surface area contributed by atoms with Crippen LogP contribution >= 0.6 is 23.2 Å². The van der Waals surface area contributed by atoms with Crippen LogP contribution in [0.1, 0.15) is 43.4 Å². The second-order valence-electron chi connectivity index (χ2n) is 10.7. The molecule has 208 valence electrons. The number of carbonyl (C=O) groups is 3. The molecule has 0 aliphatic carbocycles. The van der Waals surface area contributed by atoms with Crippen LogP contribution in [0.4, 0.5) is 5.69 Å². The number of hydrogen-bond acceptors (Lipinski definition) is 5. The Morgan fingerprint density at radius 1 is 0.905 bits per heavy atom. The van der Waals surface area contributed by atoms with Gasteiger partial charge in [0, 0.05) is 28.0 Å². The van der Waals surface area contributed by atoms with E-state index in [-0.39, 0.29) is 22.3 Å². The summed E-state index contributed by atoms with van der Waals surface area (Å²) in [5, 5.41) is 3.57. The van der Waals surface area contributed by atoms with E-state index in [1.165, 1.54) is 13.2 Å². The molecule has 4 aromatic carbocycles. The Hall–Kier alpha value is -4.39. The molecule has 1 spiro atoms. The Labute approximate surface area is 252 Å². The molecule has 0 radical (unpaired) electrons. The Bertz CT molecular complexity index is 1840. The van der Waals surface area contributed by atoms with E-state index in [0.717, 1.165) is 11.1 Å². The molecule has 0 aromatic heterocycles. The van der Waals surface area contributed by atoms with E-state index in [2.05, 4.69) is 5.32 Å². The van der Waals surface area contributed by atoms with Gasteiger partial charge in [-0.15, -0.1) is 0 Å². The van der Waals surface area contributed by atoms with E-state index in [0.29, 0.717) is 27.6 Å². The van der Waals surface area contributed by atoms with Gasteiger partial charge in [-0.3, -0.25) is 14.4 Å². The Kier molecular flexibility index (Phi) is 6.22. The number of methoxy groups -OCH3 is 1. The topological polar surface area (TPSA) is 75.7 Å². The van der Waals surface area contributed by atoms with Gasteiger partial charge >= 0.3 is 0 Å². The second-order valence-corrected chi connectivity index (χ2v) is 11.5. The van der Waals surface area contributed by atoms with Gasteiger partial charge in [-0.05, 0) is 59.2 Å². The van der Waals surface area contributed by atoms with Gasteiger partial charge in [-0.2, -0.15) is 0 Å². The van der Waals surface area contributed by atoms with Gasteiger partial charge < -0.3 is 15.0 Å². The van der Waals surface area contributed by atoms with E-state index in [9.17, 15) is 14.4 Å². The summed E-state index contributed by atoms with van der Waals surface area (Å²) in [6, 6.07) is 25.0. The molecule has 6 nitrogen and oxygen atoms in total. The van der Waals surface area contributed by atoms with Crippen molar-refractivity contribution in [3.8, 4) is 5.75 Å². The van der Waals surface area contributed by atoms with Gasteiger partial charge in [-0.1, -0.05) is 77.8 Å². The molecule has 0 bridgehead atoms. The van der Waals surface area contributed by atoms with Crippen LogP contribution in [0.25, 0.3) is 6.08 Å². The predicted octanol–water partition coefficient (Wildman–Crippen LogP) is 6.98. The molecule has 0 unspecified atom stereocenters. The van der Waals surface area contributed by atoms with E-state index in [4.69, 9.17) is 27.9 Å². The number of hydrogen-bond donors (Lipinski definition) is 1. The number of para-hydroxylation sites is 1. The number of Topliss-reactive ketones (excluding diaryl/α,β-unsaturated/α-hetero) is 2. The lowest BCUT2D eigenvalue weighted by atomic mass is 9.62. The van der Waals surface area contributed by atoms with Crippen molar-refractivity contribution in [2.24, 2.45) is 5.92 Å². The van der Waals surface area contributed by atoms with Gasteiger partial charge in [-0.25, -0.2) is 0 Å². The second kappa shape index (κ2) is 9.86. The normalized spacial score (nSPS) is 23.3. The van der Waals surface area contributed by atoms with E-state index < -0.39 is 29.2 Å². The zero-order valence-electron chi connectivity index (χ0n) is 22.4. The highest BCUT2D eigenvalue weighted by atomic mass is 35.5. The first kappa shape index (κ1) is 26.5. The number of ether oxygens (including phenoxy) is 1. The van der Waals surface area contributed by atoms with Crippen molar-refractivity contribution in [3.63, 3.8) is 0 Å². The third kappa shape index (κ3) is 3.68. The van der Waals surface area contributed by atoms with Gasteiger partial charge in [0.05, 0.1) is 24.1 Å². The van der Waals surface area contributed by atoms with Crippen molar-refractivity contribution in [3.05, 3.63) is 135 Å². The molecule has 1 fully saturated rings. The van der Waals surface area contributed by atoms with Crippen LogP contribution in [-0.2, 0) is 10.2 Å². The summed E-state index contributed by atoms with van der Waals surface area (Å²) in [6.07, 6.45) is 3.76. The Morgan fingerprint density at radius 2 is 1.69 bits per heavy atom. The molecule has 1 saturated heterocycles. The van der Waals surface area contributed by atoms with Gasteiger partial charge in [0.2, 0.25) is 5.91 Å². The van der Waals surface area contributed by atoms with Crippen LogP contribution < -0.4 is 10.1 Å². The summed E-state index contributed by atoms with van der Waals surface area (Å²) >= 11 is 12.8. The van der Waals surface area contributed by atoms with E-state index in [1.807, 2.05) is 65.7 Å². The molecule has 3 heterocycles. The first-order valence-electron chi connectivity index (χ1n) is 13.5. The number of benzene rings is 4. The van der Waals surface area contributed by atoms with Crippen molar-refractivity contribution in [1.82, 2.24) is 4.90 Å². The molecule has 3 aliphatic rings. The molecule has 8 heteroatoms. The van der Waals surface area contributed by atoms with Crippen LogP contribution in [0.2, 0.25) is 10.0 Å². The maximum absolute atomic E-state index is 14.9. The summed E-state index contributed by atoms with van der Waals surface area (Å²) in [7, 11) is 1.53. The fourth-order valence-corrected chi connectivity index (χ4v) is 7.47. The zero-order valence-corrected chi connectivity index (χ0v) is 23.9. The molecule has 42 heavy (non-hydrogen) atoms. The number of anilines is 1. The third-order valence-corrected chi connectivity index (χ3v) is 9.22.